The molecule has 0 amide bonds. The number of rotatable bonds is 3. The highest BCUT2D eigenvalue weighted by atomic mass is 32.1. The van der Waals surface area contributed by atoms with E-state index in [1.165, 1.54) is 0 Å². The zero-order valence-corrected chi connectivity index (χ0v) is 11.4. The molecule has 2 atom stereocenters. The summed E-state index contributed by atoms with van der Waals surface area (Å²) in [6, 6.07) is 0.661. The highest BCUT2D eigenvalue weighted by Gasteiger charge is 2.32. The molecule has 0 aromatic rings. The average molecular weight is 245 g/mol. The second-order valence-corrected chi connectivity index (χ2v) is 5.45. The molecular formula is C11H23N3OS. The third-order valence-electron chi connectivity index (χ3n) is 2.64. The third-order valence-corrected chi connectivity index (χ3v) is 2.99. The lowest BCUT2D eigenvalue weighted by Gasteiger charge is -2.30. The molecule has 1 aliphatic heterocycles. The minimum atomic E-state index is -0.253. The molecule has 1 heterocycles. The molecule has 0 aromatic heterocycles. The molecule has 94 valence electrons. The summed E-state index contributed by atoms with van der Waals surface area (Å²) in [6.45, 7) is 5.72. The number of β-amino-alcohol motifs (C(OH)–C–C–N with tert-alkyl or cyclic N) is 1. The molecule has 0 radical (unpaired) electrons. The maximum Gasteiger partial charge on any atom is 0.169 e. The van der Waals surface area contributed by atoms with E-state index in [0.29, 0.717) is 18.6 Å². The van der Waals surface area contributed by atoms with E-state index in [-0.39, 0.29) is 6.10 Å². The number of thiocarbonyl (C=S) groups is 1. The number of hydrogen-bond donors (Lipinski definition) is 2. The number of aliphatic hydroxyl groups is 1. The fourth-order valence-electron chi connectivity index (χ4n) is 2.07. The maximum absolute atomic E-state index is 9.72. The number of nitrogens with one attached hydrogen (secondary N) is 1. The monoisotopic (exact) mass is 245 g/mol. The van der Waals surface area contributed by atoms with Crippen LogP contribution < -0.4 is 5.32 Å². The minimum absolute atomic E-state index is 0.253. The van der Waals surface area contributed by atoms with Crippen LogP contribution in [0.3, 0.4) is 0 Å². The zero-order valence-electron chi connectivity index (χ0n) is 10.6. The van der Waals surface area contributed by atoms with Gasteiger partial charge >= 0.3 is 0 Å². The van der Waals surface area contributed by atoms with E-state index in [1.807, 2.05) is 14.1 Å². The molecule has 5 heteroatoms. The lowest BCUT2D eigenvalue weighted by Crippen LogP contribution is -2.48. The summed E-state index contributed by atoms with van der Waals surface area (Å²) in [5.41, 5.74) is 0. The molecule has 1 rings (SSSR count). The second-order valence-electron chi connectivity index (χ2n) is 5.06. The summed E-state index contributed by atoms with van der Waals surface area (Å²) < 4.78 is 0. The lowest BCUT2D eigenvalue weighted by atomic mass is 10.2. The van der Waals surface area contributed by atoms with Crippen molar-refractivity contribution in [3.05, 3.63) is 0 Å². The minimum Gasteiger partial charge on any atom is -0.391 e. The Morgan fingerprint density at radius 1 is 1.56 bits per heavy atom. The molecule has 2 N–H and O–H groups in total. The summed E-state index contributed by atoms with van der Waals surface area (Å²) in [7, 11) is 4.09. The van der Waals surface area contributed by atoms with Gasteiger partial charge in [0.05, 0.1) is 6.10 Å². The van der Waals surface area contributed by atoms with Gasteiger partial charge in [-0.25, -0.2) is 0 Å². The molecule has 0 saturated carbocycles. The largest absolute Gasteiger partial charge is 0.391 e. The van der Waals surface area contributed by atoms with Crippen molar-refractivity contribution in [2.75, 3.05) is 27.2 Å². The van der Waals surface area contributed by atoms with Crippen LogP contribution in [0, 0.1) is 0 Å². The summed E-state index contributed by atoms with van der Waals surface area (Å²) in [5.74, 6) is 0. The Morgan fingerprint density at radius 2 is 2.19 bits per heavy atom. The Bertz CT molecular complexity index is 245. The molecule has 1 saturated heterocycles. The average Bonchev–Trinajstić information content (AvgIpc) is 2.44. The van der Waals surface area contributed by atoms with Gasteiger partial charge in [-0.1, -0.05) is 0 Å². The quantitative estimate of drug-likeness (QED) is 0.698. The van der Waals surface area contributed by atoms with Gasteiger partial charge in [0.1, 0.15) is 0 Å². The molecule has 4 nitrogen and oxygen atoms in total. The van der Waals surface area contributed by atoms with Gasteiger partial charge in [0.15, 0.2) is 5.11 Å². The van der Waals surface area contributed by atoms with Gasteiger partial charge in [-0.2, -0.15) is 0 Å². The van der Waals surface area contributed by atoms with Crippen LogP contribution in [0.15, 0.2) is 0 Å². The SMILES string of the molecule is CC(C)NC(=S)N1CC(O)CC1CN(C)C. The smallest absolute Gasteiger partial charge is 0.169 e. The van der Waals surface area contributed by atoms with E-state index >= 15 is 0 Å². The molecular weight excluding hydrogens is 222 g/mol. The summed E-state index contributed by atoms with van der Waals surface area (Å²) in [6.07, 6.45) is 0.551. The van der Waals surface area contributed by atoms with E-state index in [0.717, 1.165) is 18.1 Å². The van der Waals surface area contributed by atoms with E-state index in [9.17, 15) is 5.11 Å². The Balaban J connectivity index is 2.58. The fraction of sp³-hybridized carbons (Fsp3) is 0.909. The van der Waals surface area contributed by atoms with Gasteiger partial charge in [-0.05, 0) is 46.6 Å². The van der Waals surface area contributed by atoms with Gasteiger partial charge < -0.3 is 20.2 Å². The first-order valence-corrected chi connectivity index (χ1v) is 6.21. The van der Waals surface area contributed by atoms with Crippen LogP contribution in [-0.4, -0.2) is 65.4 Å². The summed E-state index contributed by atoms with van der Waals surface area (Å²) >= 11 is 5.36. The third kappa shape index (κ3) is 3.88. The molecule has 2 unspecified atom stereocenters. The van der Waals surface area contributed by atoms with Gasteiger partial charge in [-0.15, -0.1) is 0 Å². The highest BCUT2D eigenvalue weighted by molar-refractivity contribution is 7.80. The molecule has 1 fully saturated rings. The van der Waals surface area contributed by atoms with Crippen LogP contribution in [0.5, 0.6) is 0 Å². The molecule has 0 aliphatic carbocycles. The van der Waals surface area contributed by atoms with E-state index in [1.54, 1.807) is 0 Å². The number of hydrogen-bond acceptors (Lipinski definition) is 3. The topological polar surface area (TPSA) is 38.7 Å². The Hall–Kier alpha value is -0.390. The number of nitrogens with zero attached hydrogens (tertiary/aromatic N) is 2. The Morgan fingerprint density at radius 3 is 2.69 bits per heavy atom. The van der Waals surface area contributed by atoms with Crippen LogP contribution in [0.4, 0.5) is 0 Å². The lowest BCUT2D eigenvalue weighted by molar-refractivity contribution is 0.187. The Kier molecular flexibility index (Phi) is 4.95. The van der Waals surface area contributed by atoms with Crippen molar-refractivity contribution >= 4 is 17.3 Å². The van der Waals surface area contributed by atoms with Crippen LogP contribution in [0.25, 0.3) is 0 Å². The summed E-state index contributed by atoms with van der Waals surface area (Å²) in [5, 5.41) is 13.7. The first-order valence-electron chi connectivity index (χ1n) is 5.80. The van der Waals surface area contributed by atoms with Crippen LogP contribution in [0.1, 0.15) is 20.3 Å². The van der Waals surface area contributed by atoms with Gasteiger partial charge in [-0.3, -0.25) is 0 Å². The van der Waals surface area contributed by atoms with Crippen LogP contribution in [0.2, 0.25) is 0 Å². The van der Waals surface area contributed by atoms with Crippen molar-refractivity contribution in [1.29, 1.82) is 0 Å². The summed E-state index contributed by atoms with van der Waals surface area (Å²) in [4.78, 5) is 4.24. The van der Waals surface area contributed by atoms with Crippen molar-refractivity contribution < 1.29 is 5.11 Å². The predicted molar refractivity (Wildman–Crippen MR) is 70.5 cm³/mol. The van der Waals surface area contributed by atoms with E-state index in [4.69, 9.17) is 12.2 Å². The second kappa shape index (κ2) is 5.80. The number of likely N-dealkylation sites (tertiary alicyclic amines) is 1. The van der Waals surface area contributed by atoms with Crippen molar-refractivity contribution in [1.82, 2.24) is 15.1 Å². The predicted octanol–water partition coefficient (Wildman–Crippen LogP) is 0.266. The van der Waals surface area contributed by atoms with E-state index in [2.05, 4.69) is 29.0 Å². The first-order chi connectivity index (χ1) is 7.40. The fourth-order valence-corrected chi connectivity index (χ4v) is 2.52. The van der Waals surface area contributed by atoms with Gasteiger partial charge in [0.2, 0.25) is 0 Å². The van der Waals surface area contributed by atoms with Crippen molar-refractivity contribution in [2.45, 2.75) is 38.5 Å². The van der Waals surface area contributed by atoms with Gasteiger partial charge in [0, 0.05) is 25.2 Å². The maximum atomic E-state index is 9.72. The standard InChI is InChI=1S/C11H23N3OS/c1-8(2)12-11(16)14-7-10(15)5-9(14)6-13(3)4/h8-10,15H,5-7H2,1-4H3,(H,12,16). The number of aliphatic hydroxyl groups excluding tert-OH is 1. The van der Waals surface area contributed by atoms with Crippen LogP contribution >= 0.6 is 12.2 Å². The zero-order chi connectivity index (χ0) is 12.3. The van der Waals surface area contributed by atoms with Crippen molar-refractivity contribution in [2.24, 2.45) is 0 Å². The molecule has 0 aromatic carbocycles. The van der Waals surface area contributed by atoms with E-state index < -0.39 is 0 Å². The molecule has 16 heavy (non-hydrogen) atoms. The molecule has 0 spiro atoms. The molecule has 1 aliphatic rings. The Labute approximate surface area is 104 Å². The first kappa shape index (κ1) is 13.7. The van der Waals surface area contributed by atoms with Crippen molar-refractivity contribution in [3.63, 3.8) is 0 Å². The van der Waals surface area contributed by atoms with Crippen molar-refractivity contribution in [3.8, 4) is 0 Å². The van der Waals surface area contributed by atoms with Gasteiger partial charge in [0.25, 0.3) is 0 Å². The molecule has 0 bridgehead atoms. The van der Waals surface area contributed by atoms with Crippen LogP contribution in [-0.2, 0) is 0 Å². The normalized spacial score (nSPS) is 25.6. The highest BCUT2D eigenvalue weighted by Crippen LogP contribution is 2.18. The number of likely N-dealkylation sites (N-methyl/N-ethyl adjacent to an activating group) is 1.